The Morgan fingerprint density at radius 3 is 2.80 bits per heavy atom. The molecule has 0 amide bonds. The fraction of sp³-hybridized carbons (Fsp3) is 0.750. The summed E-state index contributed by atoms with van der Waals surface area (Å²) >= 11 is 0. The second-order valence-electron chi connectivity index (χ2n) is 8.87. The number of furan rings is 1. The first kappa shape index (κ1) is 17.1. The first-order valence-corrected chi connectivity index (χ1v) is 9.36. The summed E-state index contributed by atoms with van der Waals surface area (Å²) in [4.78, 5) is 12.6. The molecule has 1 aromatic heterocycles. The molecule has 5 nitrogen and oxygen atoms in total. The number of ether oxygens (including phenoxy) is 1. The smallest absolute Gasteiger partial charge is 0.315 e. The van der Waals surface area contributed by atoms with Crippen molar-refractivity contribution >= 4 is 5.97 Å². The summed E-state index contributed by atoms with van der Waals surface area (Å²) in [6, 6.07) is 1.93. The molecule has 0 aromatic carbocycles. The summed E-state index contributed by atoms with van der Waals surface area (Å²) in [7, 11) is 0. The van der Waals surface area contributed by atoms with E-state index in [-0.39, 0.29) is 23.9 Å². The number of carbonyl (C=O) groups excluding carboxylic acids is 1. The van der Waals surface area contributed by atoms with Crippen LogP contribution in [0.2, 0.25) is 0 Å². The molecule has 3 fully saturated rings. The van der Waals surface area contributed by atoms with Gasteiger partial charge in [0.2, 0.25) is 0 Å². The third kappa shape index (κ3) is 2.05. The molecule has 1 aliphatic heterocycles. The van der Waals surface area contributed by atoms with E-state index >= 15 is 0 Å². The van der Waals surface area contributed by atoms with E-state index < -0.39 is 22.5 Å². The highest BCUT2D eigenvalue weighted by Gasteiger charge is 2.73. The van der Waals surface area contributed by atoms with E-state index in [9.17, 15) is 15.0 Å². The van der Waals surface area contributed by atoms with Gasteiger partial charge in [0, 0.05) is 11.3 Å². The van der Waals surface area contributed by atoms with Crippen LogP contribution >= 0.6 is 0 Å². The van der Waals surface area contributed by atoms with Crippen LogP contribution in [0, 0.1) is 22.7 Å². The highest BCUT2D eigenvalue weighted by Crippen LogP contribution is 2.67. The van der Waals surface area contributed by atoms with Gasteiger partial charge in [0.05, 0.1) is 29.6 Å². The Balaban J connectivity index is 1.72. The molecule has 4 rings (SSSR count). The van der Waals surface area contributed by atoms with E-state index in [1.165, 1.54) is 0 Å². The Hall–Kier alpha value is -1.33. The molecule has 2 N–H and O–H groups in total. The van der Waals surface area contributed by atoms with Crippen LogP contribution in [0.15, 0.2) is 23.0 Å². The highest BCUT2D eigenvalue weighted by molar-refractivity contribution is 5.80. The lowest BCUT2D eigenvalue weighted by molar-refractivity contribution is -0.232. The van der Waals surface area contributed by atoms with Crippen molar-refractivity contribution in [1.82, 2.24) is 0 Å². The van der Waals surface area contributed by atoms with Crippen LogP contribution in [0.25, 0.3) is 0 Å². The first-order chi connectivity index (χ1) is 11.7. The van der Waals surface area contributed by atoms with E-state index in [2.05, 4.69) is 13.8 Å². The Labute approximate surface area is 148 Å². The predicted octanol–water partition coefficient (Wildman–Crippen LogP) is 2.69. The summed E-state index contributed by atoms with van der Waals surface area (Å²) in [5, 5.41) is 22.5. The van der Waals surface area contributed by atoms with Gasteiger partial charge in [-0.1, -0.05) is 13.8 Å². The van der Waals surface area contributed by atoms with Crippen LogP contribution in [-0.2, 0) is 16.0 Å². The van der Waals surface area contributed by atoms with Crippen LogP contribution in [0.4, 0.5) is 0 Å². The Bertz CT molecular complexity index is 670. The van der Waals surface area contributed by atoms with Crippen molar-refractivity contribution in [3.63, 3.8) is 0 Å². The average Bonchev–Trinajstić information content (AvgIpc) is 3.16. The van der Waals surface area contributed by atoms with Crippen molar-refractivity contribution < 1.29 is 24.2 Å². The van der Waals surface area contributed by atoms with Crippen molar-refractivity contribution in [1.29, 1.82) is 0 Å². The minimum absolute atomic E-state index is 0.0241. The molecular weight excluding hydrogens is 320 g/mol. The van der Waals surface area contributed by atoms with Crippen molar-refractivity contribution in [2.45, 2.75) is 70.7 Å². The zero-order valence-corrected chi connectivity index (χ0v) is 15.2. The normalized spacial score (nSPS) is 48.9. The molecule has 2 aliphatic carbocycles. The third-order valence-corrected chi connectivity index (χ3v) is 7.80. The molecule has 0 bridgehead atoms. The Morgan fingerprint density at radius 1 is 1.36 bits per heavy atom. The predicted molar refractivity (Wildman–Crippen MR) is 90.6 cm³/mol. The summed E-state index contributed by atoms with van der Waals surface area (Å²) in [6.07, 6.45) is 5.69. The van der Waals surface area contributed by atoms with Crippen LogP contribution < -0.4 is 0 Å². The maximum atomic E-state index is 12.6. The third-order valence-electron chi connectivity index (χ3n) is 7.80. The molecule has 2 heterocycles. The monoisotopic (exact) mass is 348 g/mol. The molecule has 3 aliphatic rings. The SMILES string of the molecule is C[C@@H]1C[C@H]2OC(=O)[C@@]3(C)[C@H](O)CC[C@@](C)([C@@H]23)[C@@]1(O)CCc1ccoc1. The fourth-order valence-corrected chi connectivity index (χ4v) is 6.23. The Morgan fingerprint density at radius 2 is 2.12 bits per heavy atom. The van der Waals surface area contributed by atoms with Crippen LogP contribution in [0.3, 0.4) is 0 Å². The van der Waals surface area contributed by atoms with Gasteiger partial charge in [-0.25, -0.2) is 0 Å². The van der Waals surface area contributed by atoms with E-state index in [1.54, 1.807) is 12.5 Å². The molecule has 1 saturated heterocycles. The van der Waals surface area contributed by atoms with E-state index in [4.69, 9.17) is 9.15 Å². The molecule has 0 spiro atoms. The number of rotatable bonds is 3. The van der Waals surface area contributed by atoms with Gasteiger partial charge in [-0.05, 0) is 56.6 Å². The van der Waals surface area contributed by atoms with Gasteiger partial charge in [-0.3, -0.25) is 4.79 Å². The van der Waals surface area contributed by atoms with Gasteiger partial charge in [0.25, 0.3) is 0 Å². The summed E-state index contributed by atoms with van der Waals surface area (Å²) in [6.45, 7) is 5.99. The molecule has 1 aromatic rings. The molecule has 138 valence electrons. The highest BCUT2D eigenvalue weighted by atomic mass is 16.6. The van der Waals surface area contributed by atoms with Crippen molar-refractivity contribution in [3.05, 3.63) is 24.2 Å². The minimum atomic E-state index is -0.915. The number of carbonyl (C=O) groups is 1. The maximum absolute atomic E-state index is 12.6. The van der Waals surface area contributed by atoms with Crippen molar-refractivity contribution in [2.75, 3.05) is 0 Å². The fourth-order valence-electron chi connectivity index (χ4n) is 6.23. The van der Waals surface area contributed by atoms with E-state index in [1.807, 2.05) is 13.0 Å². The number of aliphatic hydroxyl groups is 2. The van der Waals surface area contributed by atoms with Gasteiger partial charge in [0.15, 0.2) is 0 Å². The standard InChI is InChI=1S/C20H28O5/c1-12-10-14-16-18(2,7-5-15(21)19(16,3)17(22)25-14)20(12,23)8-4-13-6-9-24-11-13/h6,9,11-12,14-16,21,23H,4-5,7-8,10H2,1-3H3/t12-,14-,15-,16-,18+,19+,20-/m1/s1. The number of aryl methyl sites for hydroxylation is 1. The van der Waals surface area contributed by atoms with Crippen LogP contribution in [0.1, 0.15) is 52.0 Å². The molecule has 7 atom stereocenters. The number of hydrogen-bond acceptors (Lipinski definition) is 5. The van der Waals surface area contributed by atoms with Gasteiger partial charge in [-0.2, -0.15) is 0 Å². The second kappa shape index (κ2) is 5.34. The van der Waals surface area contributed by atoms with Crippen molar-refractivity contribution in [3.8, 4) is 0 Å². The quantitative estimate of drug-likeness (QED) is 0.821. The zero-order valence-electron chi connectivity index (χ0n) is 15.2. The number of hydrogen-bond donors (Lipinski definition) is 2. The lowest BCUT2D eigenvalue weighted by Gasteiger charge is -2.62. The van der Waals surface area contributed by atoms with E-state index in [0.717, 1.165) is 12.0 Å². The molecule has 0 unspecified atom stereocenters. The minimum Gasteiger partial charge on any atom is -0.472 e. The summed E-state index contributed by atoms with van der Waals surface area (Å²) < 4.78 is 10.9. The lowest BCUT2D eigenvalue weighted by Crippen LogP contribution is -2.67. The first-order valence-electron chi connectivity index (χ1n) is 9.36. The van der Waals surface area contributed by atoms with Crippen LogP contribution in [0.5, 0.6) is 0 Å². The molecule has 5 heteroatoms. The maximum Gasteiger partial charge on any atom is 0.315 e. The summed E-state index contributed by atoms with van der Waals surface area (Å²) in [5.74, 6) is -0.426. The lowest BCUT2D eigenvalue weighted by atomic mass is 9.43. The van der Waals surface area contributed by atoms with Gasteiger partial charge >= 0.3 is 5.97 Å². The molecular formula is C20H28O5. The second-order valence-corrected chi connectivity index (χ2v) is 8.87. The molecule has 25 heavy (non-hydrogen) atoms. The Kier molecular flexibility index (Phi) is 3.65. The van der Waals surface area contributed by atoms with Gasteiger partial charge < -0.3 is 19.4 Å². The zero-order chi connectivity index (χ0) is 18.0. The number of aliphatic hydroxyl groups excluding tert-OH is 1. The van der Waals surface area contributed by atoms with Crippen molar-refractivity contribution in [2.24, 2.45) is 22.7 Å². The topological polar surface area (TPSA) is 79.9 Å². The summed E-state index contributed by atoms with van der Waals surface area (Å²) in [5.41, 5.74) is -1.20. The van der Waals surface area contributed by atoms with Crippen LogP contribution in [-0.4, -0.2) is 34.0 Å². The van der Waals surface area contributed by atoms with Gasteiger partial charge in [0.1, 0.15) is 6.10 Å². The average molecular weight is 348 g/mol. The molecule has 2 saturated carbocycles. The van der Waals surface area contributed by atoms with E-state index in [0.29, 0.717) is 25.7 Å². The molecule has 0 radical (unpaired) electrons. The van der Waals surface area contributed by atoms with Gasteiger partial charge in [-0.15, -0.1) is 0 Å². The largest absolute Gasteiger partial charge is 0.472 e. The number of esters is 1.